The SMILES string of the molecule is Cc1nc(NS(=O)(=O)c2ccc(F)cc2)sc1C(=O)NCCc1ccc(S(N)(=O)=O)cc1. The number of nitrogens with two attached hydrogens (primary N) is 1. The van der Waals surface area contributed by atoms with Crippen molar-refractivity contribution in [1.29, 1.82) is 0 Å². The lowest BCUT2D eigenvalue weighted by Crippen LogP contribution is -2.25. The molecule has 0 aliphatic rings. The predicted octanol–water partition coefficient (Wildman–Crippen LogP) is 2.01. The summed E-state index contributed by atoms with van der Waals surface area (Å²) in [6, 6.07) is 10.3. The number of nitrogens with one attached hydrogen (secondary N) is 2. The van der Waals surface area contributed by atoms with E-state index in [1.54, 1.807) is 19.1 Å². The summed E-state index contributed by atoms with van der Waals surface area (Å²) in [5.41, 5.74) is 1.15. The van der Waals surface area contributed by atoms with Crippen LogP contribution in [0.25, 0.3) is 0 Å². The summed E-state index contributed by atoms with van der Waals surface area (Å²) in [4.78, 5) is 16.7. The molecule has 3 rings (SSSR count). The standard InChI is InChI=1S/C19H19FN4O5S3/c1-12-17(18(25)22-11-10-13-2-6-15(7-3-13)31(21,26)27)30-19(23-12)24-32(28,29)16-8-4-14(20)5-9-16/h2-9H,10-11H2,1H3,(H,22,25)(H,23,24)(H2,21,26,27). The highest BCUT2D eigenvalue weighted by molar-refractivity contribution is 7.93. The average Bonchev–Trinajstić information content (AvgIpc) is 3.07. The van der Waals surface area contributed by atoms with Crippen molar-refractivity contribution in [3.63, 3.8) is 0 Å². The Bertz CT molecular complexity index is 1340. The molecule has 0 aliphatic carbocycles. The maximum absolute atomic E-state index is 13.0. The molecule has 0 saturated carbocycles. The molecule has 1 amide bonds. The monoisotopic (exact) mass is 498 g/mol. The zero-order valence-electron chi connectivity index (χ0n) is 16.7. The van der Waals surface area contributed by atoms with Gasteiger partial charge in [0.15, 0.2) is 5.13 Å². The molecule has 1 aromatic heterocycles. The van der Waals surface area contributed by atoms with Gasteiger partial charge in [-0.25, -0.2) is 31.3 Å². The molecular formula is C19H19FN4O5S3. The minimum atomic E-state index is -3.98. The normalized spacial score (nSPS) is 11.8. The second kappa shape index (κ2) is 9.32. The lowest BCUT2D eigenvalue weighted by Gasteiger charge is -2.05. The molecule has 3 aromatic rings. The van der Waals surface area contributed by atoms with Crippen LogP contribution >= 0.6 is 11.3 Å². The first-order valence-electron chi connectivity index (χ1n) is 9.11. The summed E-state index contributed by atoms with van der Waals surface area (Å²) in [7, 11) is -7.74. The van der Waals surface area contributed by atoms with E-state index < -0.39 is 31.8 Å². The summed E-state index contributed by atoms with van der Waals surface area (Å²) in [6.45, 7) is 1.84. The van der Waals surface area contributed by atoms with Crippen LogP contribution in [0.3, 0.4) is 0 Å². The number of halogens is 1. The summed E-state index contributed by atoms with van der Waals surface area (Å²) in [6.07, 6.45) is 0.443. The van der Waals surface area contributed by atoms with Gasteiger partial charge in [0.1, 0.15) is 10.7 Å². The number of anilines is 1. The van der Waals surface area contributed by atoms with Crippen LogP contribution < -0.4 is 15.2 Å². The van der Waals surface area contributed by atoms with Crippen LogP contribution in [0, 0.1) is 12.7 Å². The summed E-state index contributed by atoms with van der Waals surface area (Å²) >= 11 is 0.875. The van der Waals surface area contributed by atoms with Crippen LogP contribution in [0.1, 0.15) is 20.9 Å². The second-order valence-electron chi connectivity index (χ2n) is 6.69. The van der Waals surface area contributed by atoms with Gasteiger partial charge >= 0.3 is 0 Å². The minimum absolute atomic E-state index is 0.00110. The van der Waals surface area contributed by atoms with Crippen LogP contribution in [-0.2, 0) is 26.5 Å². The molecule has 0 bridgehead atoms. The molecule has 0 aliphatic heterocycles. The Hall–Kier alpha value is -2.87. The molecule has 0 unspecified atom stereocenters. The van der Waals surface area contributed by atoms with Gasteiger partial charge < -0.3 is 5.32 Å². The molecule has 13 heteroatoms. The largest absolute Gasteiger partial charge is 0.351 e. The number of primary sulfonamides is 1. The number of carbonyl (C=O) groups is 1. The maximum Gasteiger partial charge on any atom is 0.263 e. The smallest absolute Gasteiger partial charge is 0.263 e. The second-order valence-corrected chi connectivity index (χ2v) is 10.9. The van der Waals surface area contributed by atoms with Crippen molar-refractivity contribution in [3.05, 3.63) is 70.5 Å². The zero-order valence-corrected chi connectivity index (χ0v) is 19.2. The van der Waals surface area contributed by atoms with Gasteiger partial charge in [0.25, 0.3) is 15.9 Å². The highest BCUT2D eigenvalue weighted by Crippen LogP contribution is 2.25. The Kier molecular flexibility index (Phi) is 6.93. The van der Waals surface area contributed by atoms with Gasteiger partial charge in [0.05, 0.1) is 15.5 Å². The quantitative estimate of drug-likeness (QED) is 0.433. The molecule has 4 N–H and O–H groups in total. The number of sulfonamides is 2. The first kappa shape index (κ1) is 23.8. The number of nitrogens with zero attached hydrogens (tertiary/aromatic N) is 1. The van der Waals surface area contributed by atoms with E-state index in [-0.39, 0.29) is 26.3 Å². The molecule has 0 spiro atoms. The topological polar surface area (TPSA) is 148 Å². The van der Waals surface area contributed by atoms with Crippen molar-refractivity contribution in [2.24, 2.45) is 5.14 Å². The van der Waals surface area contributed by atoms with Crippen LogP contribution in [0.2, 0.25) is 0 Å². The number of aryl methyl sites for hydroxylation is 1. The number of aromatic nitrogens is 1. The van der Waals surface area contributed by atoms with Gasteiger partial charge in [-0.15, -0.1) is 0 Å². The van der Waals surface area contributed by atoms with Gasteiger partial charge in [-0.1, -0.05) is 23.5 Å². The number of benzene rings is 2. The molecule has 0 saturated heterocycles. The molecule has 32 heavy (non-hydrogen) atoms. The van der Waals surface area contributed by atoms with E-state index in [2.05, 4.69) is 15.0 Å². The number of hydrogen-bond donors (Lipinski definition) is 3. The van der Waals surface area contributed by atoms with Crippen LogP contribution in [0.15, 0.2) is 58.3 Å². The first-order valence-corrected chi connectivity index (χ1v) is 13.0. The Labute approximate surface area is 188 Å². The molecule has 0 radical (unpaired) electrons. The van der Waals surface area contributed by atoms with Crippen molar-refractivity contribution in [2.75, 3.05) is 11.3 Å². The number of amides is 1. The van der Waals surface area contributed by atoms with Crippen molar-refractivity contribution < 1.29 is 26.0 Å². The molecule has 0 atom stereocenters. The lowest BCUT2D eigenvalue weighted by molar-refractivity contribution is 0.0957. The third-order valence-electron chi connectivity index (χ3n) is 4.30. The number of carbonyl (C=O) groups excluding carboxylic acids is 1. The highest BCUT2D eigenvalue weighted by atomic mass is 32.2. The molecular weight excluding hydrogens is 479 g/mol. The number of rotatable bonds is 8. The van der Waals surface area contributed by atoms with Crippen molar-refractivity contribution in [3.8, 4) is 0 Å². The average molecular weight is 499 g/mol. The molecule has 170 valence electrons. The molecule has 2 aromatic carbocycles. The van der Waals surface area contributed by atoms with E-state index in [0.29, 0.717) is 12.1 Å². The van der Waals surface area contributed by atoms with Gasteiger partial charge in [-0.2, -0.15) is 0 Å². The van der Waals surface area contributed by atoms with E-state index in [4.69, 9.17) is 5.14 Å². The van der Waals surface area contributed by atoms with Crippen molar-refractivity contribution in [2.45, 2.75) is 23.1 Å². The first-order chi connectivity index (χ1) is 15.0. The molecule has 0 fully saturated rings. The van der Waals surface area contributed by atoms with E-state index >= 15 is 0 Å². The van der Waals surface area contributed by atoms with Crippen LogP contribution in [-0.4, -0.2) is 34.3 Å². The Morgan fingerprint density at radius 1 is 1.03 bits per heavy atom. The van der Waals surface area contributed by atoms with Crippen LogP contribution in [0.4, 0.5) is 9.52 Å². The van der Waals surface area contributed by atoms with Gasteiger partial charge in [-0.05, 0) is 55.3 Å². The van der Waals surface area contributed by atoms with E-state index in [9.17, 15) is 26.0 Å². The predicted molar refractivity (Wildman–Crippen MR) is 118 cm³/mol. The highest BCUT2D eigenvalue weighted by Gasteiger charge is 2.20. The maximum atomic E-state index is 13.0. The van der Waals surface area contributed by atoms with E-state index in [1.807, 2.05) is 0 Å². The van der Waals surface area contributed by atoms with E-state index in [0.717, 1.165) is 41.2 Å². The van der Waals surface area contributed by atoms with Gasteiger partial charge in [-0.3, -0.25) is 9.52 Å². The molecule has 9 nitrogen and oxygen atoms in total. The minimum Gasteiger partial charge on any atom is -0.351 e. The Balaban J connectivity index is 1.61. The Morgan fingerprint density at radius 3 is 2.22 bits per heavy atom. The summed E-state index contributed by atoms with van der Waals surface area (Å²) < 4.78 is 62.7. The lowest BCUT2D eigenvalue weighted by atomic mass is 10.1. The fourth-order valence-electron chi connectivity index (χ4n) is 2.68. The fraction of sp³-hybridized carbons (Fsp3) is 0.158. The third-order valence-corrected chi connectivity index (χ3v) is 7.78. The third kappa shape index (κ3) is 5.88. The summed E-state index contributed by atoms with van der Waals surface area (Å²) in [5.74, 6) is -0.984. The Morgan fingerprint density at radius 2 is 1.62 bits per heavy atom. The van der Waals surface area contributed by atoms with Gasteiger partial charge in [0, 0.05) is 6.54 Å². The van der Waals surface area contributed by atoms with Crippen molar-refractivity contribution in [1.82, 2.24) is 10.3 Å². The van der Waals surface area contributed by atoms with Crippen LogP contribution in [0.5, 0.6) is 0 Å². The van der Waals surface area contributed by atoms with Crippen molar-refractivity contribution >= 4 is 42.4 Å². The zero-order chi connectivity index (χ0) is 23.5. The summed E-state index contributed by atoms with van der Waals surface area (Å²) in [5, 5.41) is 7.78. The molecule has 1 heterocycles. The fourth-order valence-corrected chi connectivity index (χ4v) is 5.32. The number of thiazole rings is 1. The number of hydrogen-bond acceptors (Lipinski definition) is 7. The van der Waals surface area contributed by atoms with Gasteiger partial charge in [0.2, 0.25) is 10.0 Å². The van der Waals surface area contributed by atoms with E-state index in [1.165, 1.54) is 12.1 Å².